The van der Waals surface area contributed by atoms with E-state index in [4.69, 9.17) is 0 Å². The number of fused-ring (bicyclic) bond motifs is 1. The quantitative estimate of drug-likeness (QED) is 0.920. The summed E-state index contributed by atoms with van der Waals surface area (Å²) < 4.78 is 0. The van der Waals surface area contributed by atoms with Crippen molar-refractivity contribution in [3.8, 4) is 0 Å². The first kappa shape index (κ1) is 14.5. The molecule has 2 heterocycles. The molecule has 0 bridgehead atoms. The van der Waals surface area contributed by atoms with Crippen molar-refractivity contribution in [2.24, 2.45) is 0 Å². The standard InChI is InChI=1S/C19H23N3O/c23-19(22-11-10-14-6-4-5-9-16(14)13-22)17-12-20-21-18(17)15-7-2-1-3-8-15/h4-6,9,12,15H,1-3,7-8,10-11,13H2,(H,20,21). The van der Waals surface area contributed by atoms with Crippen LogP contribution in [0.25, 0.3) is 0 Å². The molecule has 4 rings (SSSR count). The van der Waals surface area contributed by atoms with Crippen LogP contribution in [0.5, 0.6) is 0 Å². The van der Waals surface area contributed by atoms with E-state index in [-0.39, 0.29) is 5.91 Å². The van der Waals surface area contributed by atoms with Crippen molar-refractivity contribution in [3.63, 3.8) is 0 Å². The first-order chi connectivity index (χ1) is 11.3. The van der Waals surface area contributed by atoms with Gasteiger partial charge < -0.3 is 4.90 Å². The molecule has 0 spiro atoms. The smallest absolute Gasteiger partial charge is 0.257 e. The third kappa shape index (κ3) is 2.78. The first-order valence-electron chi connectivity index (χ1n) is 8.72. The fraction of sp³-hybridized carbons (Fsp3) is 0.474. The maximum absolute atomic E-state index is 13.0. The number of amides is 1. The van der Waals surface area contributed by atoms with Crippen LogP contribution in [0.2, 0.25) is 0 Å². The molecule has 1 amide bonds. The molecule has 1 aliphatic heterocycles. The summed E-state index contributed by atoms with van der Waals surface area (Å²) in [6, 6.07) is 8.43. The van der Waals surface area contributed by atoms with Crippen LogP contribution in [0.3, 0.4) is 0 Å². The van der Waals surface area contributed by atoms with Gasteiger partial charge >= 0.3 is 0 Å². The Kier molecular flexibility index (Phi) is 3.90. The Morgan fingerprint density at radius 3 is 2.74 bits per heavy atom. The predicted octanol–water partition coefficient (Wildman–Crippen LogP) is 3.66. The van der Waals surface area contributed by atoms with Crippen LogP contribution in [-0.2, 0) is 13.0 Å². The van der Waals surface area contributed by atoms with Gasteiger partial charge in [0.05, 0.1) is 17.5 Å². The van der Waals surface area contributed by atoms with Crippen molar-refractivity contribution < 1.29 is 4.79 Å². The van der Waals surface area contributed by atoms with E-state index in [0.717, 1.165) is 24.2 Å². The Morgan fingerprint density at radius 1 is 1.13 bits per heavy atom. The van der Waals surface area contributed by atoms with E-state index >= 15 is 0 Å². The normalized spacial score (nSPS) is 18.7. The summed E-state index contributed by atoms with van der Waals surface area (Å²) in [7, 11) is 0. The number of H-pyrrole nitrogens is 1. The van der Waals surface area contributed by atoms with Crippen LogP contribution in [0.4, 0.5) is 0 Å². The fourth-order valence-corrected chi connectivity index (χ4v) is 4.01. The summed E-state index contributed by atoms with van der Waals surface area (Å²) in [5, 5.41) is 7.30. The molecule has 0 unspecified atom stereocenters. The number of aromatic nitrogens is 2. The lowest BCUT2D eigenvalue weighted by atomic mass is 9.85. The zero-order chi connectivity index (χ0) is 15.6. The number of rotatable bonds is 2. The highest BCUT2D eigenvalue weighted by atomic mass is 16.2. The van der Waals surface area contributed by atoms with E-state index in [2.05, 4.69) is 34.5 Å². The summed E-state index contributed by atoms with van der Waals surface area (Å²) in [5.74, 6) is 0.608. The number of carbonyl (C=O) groups excluding carboxylic acids is 1. The van der Waals surface area contributed by atoms with Crippen LogP contribution in [0.15, 0.2) is 30.5 Å². The Labute approximate surface area is 136 Å². The zero-order valence-electron chi connectivity index (χ0n) is 13.4. The lowest BCUT2D eigenvalue weighted by Crippen LogP contribution is -2.36. The fourth-order valence-electron chi connectivity index (χ4n) is 4.01. The SMILES string of the molecule is O=C(c1cn[nH]c1C1CCCCC1)N1CCc2ccccc2C1. The second-order valence-corrected chi connectivity index (χ2v) is 6.78. The van der Waals surface area contributed by atoms with E-state index in [1.54, 1.807) is 6.20 Å². The minimum absolute atomic E-state index is 0.133. The Morgan fingerprint density at radius 2 is 1.91 bits per heavy atom. The van der Waals surface area contributed by atoms with Crippen molar-refractivity contribution in [1.29, 1.82) is 0 Å². The van der Waals surface area contributed by atoms with Crippen molar-refractivity contribution in [2.75, 3.05) is 6.54 Å². The molecule has 1 aromatic heterocycles. The molecule has 2 aliphatic rings. The molecule has 4 heteroatoms. The minimum Gasteiger partial charge on any atom is -0.334 e. The van der Waals surface area contributed by atoms with Crippen LogP contribution >= 0.6 is 0 Å². The average molecular weight is 309 g/mol. The maximum Gasteiger partial charge on any atom is 0.257 e. The molecule has 1 aromatic carbocycles. The monoisotopic (exact) mass is 309 g/mol. The summed E-state index contributed by atoms with van der Waals surface area (Å²) in [6.45, 7) is 1.51. The van der Waals surface area contributed by atoms with Crippen molar-refractivity contribution >= 4 is 5.91 Å². The molecule has 1 N–H and O–H groups in total. The lowest BCUT2D eigenvalue weighted by molar-refractivity contribution is 0.0733. The van der Waals surface area contributed by atoms with Gasteiger partial charge in [0.1, 0.15) is 0 Å². The van der Waals surface area contributed by atoms with Gasteiger partial charge in [-0.2, -0.15) is 5.10 Å². The minimum atomic E-state index is 0.133. The van der Waals surface area contributed by atoms with Gasteiger partial charge in [-0.1, -0.05) is 43.5 Å². The van der Waals surface area contributed by atoms with Gasteiger partial charge in [-0.05, 0) is 30.4 Å². The number of aromatic amines is 1. The third-order valence-electron chi connectivity index (χ3n) is 5.33. The summed E-state index contributed by atoms with van der Waals surface area (Å²) in [6.07, 6.45) is 8.85. The molecule has 1 saturated carbocycles. The summed E-state index contributed by atoms with van der Waals surface area (Å²) in [4.78, 5) is 15.0. The van der Waals surface area contributed by atoms with E-state index in [0.29, 0.717) is 12.5 Å². The van der Waals surface area contributed by atoms with Gasteiger partial charge in [0, 0.05) is 19.0 Å². The largest absolute Gasteiger partial charge is 0.334 e. The molecule has 23 heavy (non-hydrogen) atoms. The van der Waals surface area contributed by atoms with Crippen molar-refractivity contribution in [3.05, 3.63) is 52.8 Å². The van der Waals surface area contributed by atoms with E-state index in [9.17, 15) is 4.79 Å². The highest BCUT2D eigenvalue weighted by Crippen LogP contribution is 2.33. The molecule has 0 saturated heterocycles. The average Bonchev–Trinajstić information content (AvgIpc) is 3.11. The topological polar surface area (TPSA) is 49.0 Å². The van der Waals surface area contributed by atoms with Gasteiger partial charge in [0.25, 0.3) is 5.91 Å². The van der Waals surface area contributed by atoms with Gasteiger partial charge in [-0.15, -0.1) is 0 Å². The summed E-state index contributed by atoms with van der Waals surface area (Å²) in [5.41, 5.74) is 4.50. The van der Waals surface area contributed by atoms with Gasteiger partial charge in [-0.25, -0.2) is 0 Å². The van der Waals surface area contributed by atoms with Crippen LogP contribution < -0.4 is 0 Å². The lowest BCUT2D eigenvalue weighted by Gasteiger charge is -2.29. The predicted molar refractivity (Wildman–Crippen MR) is 89.3 cm³/mol. The van der Waals surface area contributed by atoms with E-state index in [1.807, 2.05) is 4.90 Å². The molecule has 0 radical (unpaired) electrons. The van der Waals surface area contributed by atoms with Gasteiger partial charge in [0.15, 0.2) is 0 Å². The van der Waals surface area contributed by atoms with E-state index in [1.165, 1.54) is 43.2 Å². The number of carbonyl (C=O) groups is 1. The third-order valence-corrected chi connectivity index (χ3v) is 5.33. The van der Waals surface area contributed by atoms with Crippen molar-refractivity contribution in [1.82, 2.24) is 15.1 Å². The molecule has 0 atom stereocenters. The van der Waals surface area contributed by atoms with Gasteiger partial charge in [-0.3, -0.25) is 9.89 Å². The highest BCUT2D eigenvalue weighted by molar-refractivity contribution is 5.95. The number of benzene rings is 1. The zero-order valence-corrected chi connectivity index (χ0v) is 13.4. The number of nitrogens with zero attached hydrogens (tertiary/aromatic N) is 2. The number of hydrogen-bond acceptors (Lipinski definition) is 2. The van der Waals surface area contributed by atoms with E-state index < -0.39 is 0 Å². The van der Waals surface area contributed by atoms with Crippen LogP contribution in [-0.4, -0.2) is 27.5 Å². The molecule has 1 fully saturated rings. The molecule has 4 nitrogen and oxygen atoms in total. The molecule has 2 aromatic rings. The maximum atomic E-state index is 13.0. The molecule has 120 valence electrons. The summed E-state index contributed by atoms with van der Waals surface area (Å²) >= 11 is 0. The molecule has 1 aliphatic carbocycles. The number of hydrogen-bond donors (Lipinski definition) is 1. The Balaban J connectivity index is 1.55. The second-order valence-electron chi connectivity index (χ2n) is 6.78. The second kappa shape index (κ2) is 6.19. The van der Waals surface area contributed by atoms with Crippen LogP contribution in [0, 0.1) is 0 Å². The highest BCUT2D eigenvalue weighted by Gasteiger charge is 2.28. The van der Waals surface area contributed by atoms with Crippen molar-refractivity contribution in [2.45, 2.75) is 51.0 Å². The number of nitrogens with one attached hydrogen (secondary N) is 1. The Bertz CT molecular complexity index is 700. The Hall–Kier alpha value is -2.10. The van der Waals surface area contributed by atoms with Gasteiger partial charge in [0.2, 0.25) is 0 Å². The first-order valence-corrected chi connectivity index (χ1v) is 8.72. The molecular weight excluding hydrogens is 286 g/mol. The molecular formula is C19H23N3O. The van der Waals surface area contributed by atoms with Crippen LogP contribution in [0.1, 0.15) is 65.2 Å².